The smallest absolute Gasteiger partial charge is 0.252 e. The van der Waals surface area contributed by atoms with Crippen LogP contribution in [0.2, 0.25) is 0 Å². The fourth-order valence-electron chi connectivity index (χ4n) is 3.04. The molecule has 9 heteroatoms. The first-order chi connectivity index (χ1) is 14.3. The number of ether oxygens (including phenoxy) is 1. The maximum Gasteiger partial charge on any atom is 0.252 e. The molecule has 158 valence electrons. The van der Waals surface area contributed by atoms with Gasteiger partial charge in [-0.2, -0.15) is 0 Å². The van der Waals surface area contributed by atoms with Gasteiger partial charge in [0.25, 0.3) is 5.91 Å². The number of carbonyl (C=O) groups is 4. The van der Waals surface area contributed by atoms with Gasteiger partial charge < -0.3 is 26.4 Å². The predicted octanol–water partition coefficient (Wildman–Crippen LogP) is -0.280. The molecule has 9 nitrogen and oxygen atoms in total. The van der Waals surface area contributed by atoms with Crippen LogP contribution in [0.1, 0.15) is 18.9 Å². The highest BCUT2D eigenvalue weighted by Crippen LogP contribution is 2.18. The number of epoxide rings is 1. The average Bonchev–Trinajstić information content (AvgIpc) is 3.56. The first-order valence-electron chi connectivity index (χ1n) is 9.60. The molecular formula is C21H24N4O5. The molecule has 30 heavy (non-hydrogen) atoms. The SMILES string of the molecule is CC(NC(=O)C(CC(N)=O)NC(=O)C1CO1)C(=O)NCc1cccc2ccccc12. The number of amides is 4. The standard InChI is InChI=1S/C21H24N4O5/c1-12(24-20(28)16(9-18(22)26)25-21(29)17-11-30-17)19(27)23-10-14-7-4-6-13-5-2-3-8-15(13)14/h2-8,12,16-17H,9-11H2,1H3,(H2,22,26)(H,23,27)(H,24,28)(H,25,29). The summed E-state index contributed by atoms with van der Waals surface area (Å²) in [6.45, 7) is 2.08. The van der Waals surface area contributed by atoms with E-state index in [0.717, 1.165) is 16.3 Å². The first kappa shape index (κ1) is 21.3. The minimum Gasteiger partial charge on any atom is -0.370 e. The Morgan fingerprint density at radius 1 is 1.07 bits per heavy atom. The predicted molar refractivity (Wildman–Crippen MR) is 109 cm³/mol. The molecule has 1 aliphatic heterocycles. The summed E-state index contributed by atoms with van der Waals surface area (Å²) in [6.07, 6.45) is -0.996. The monoisotopic (exact) mass is 412 g/mol. The molecule has 1 aliphatic rings. The van der Waals surface area contributed by atoms with Crippen molar-refractivity contribution in [3.05, 3.63) is 48.0 Å². The zero-order chi connectivity index (χ0) is 21.7. The van der Waals surface area contributed by atoms with E-state index in [1.54, 1.807) is 0 Å². The number of nitrogens with one attached hydrogen (secondary N) is 3. The summed E-state index contributed by atoms with van der Waals surface area (Å²) >= 11 is 0. The summed E-state index contributed by atoms with van der Waals surface area (Å²) in [6, 6.07) is 11.6. The Morgan fingerprint density at radius 3 is 2.47 bits per heavy atom. The molecule has 2 aromatic carbocycles. The number of fused-ring (bicyclic) bond motifs is 1. The highest BCUT2D eigenvalue weighted by molar-refractivity contribution is 5.95. The number of carbonyl (C=O) groups excluding carboxylic acids is 4. The van der Waals surface area contributed by atoms with Crippen LogP contribution in [0.25, 0.3) is 10.8 Å². The molecule has 2 aromatic rings. The van der Waals surface area contributed by atoms with Crippen LogP contribution in [-0.4, -0.2) is 48.4 Å². The molecule has 1 heterocycles. The third-order valence-corrected chi connectivity index (χ3v) is 4.75. The lowest BCUT2D eigenvalue weighted by Crippen LogP contribution is -2.54. The molecule has 3 atom stereocenters. The van der Waals surface area contributed by atoms with E-state index in [1.165, 1.54) is 6.92 Å². The number of hydrogen-bond donors (Lipinski definition) is 4. The third-order valence-electron chi connectivity index (χ3n) is 4.75. The van der Waals surface area contributed by atoms with E-state index in [9.17, 15) is 19.2 Å². The lowest BCUT2D eigenvalue weighted by molar-refractivity contribution is -0.133. The Kier molecular flexibility index (Phi) is 6.63. The number of benzene rings is 2. The highest BCUT2D eigenvalue weighted by atomic mass is 16.6. The van der Waals surface area contributed by atoms with Crippen molar-refractivity contribution in [1.29, 1.82) is 0 Å². The van der Waals surface area contributed by atoms with Gasteiger partial charge in [0.15, 0.2) is 6.10 Å². The van der Waals surface area contributed by atoms with Gasteiger partial charge in [0.05, 0.1) is 13.0 Å². The van der Waals surface area contributed by atoms with Crippen LogP contribution >= 0.6 is 0 Å². The van der Waals surface area contributed by atoms with Crippen molar-refractivity contribution in [3.8, 4) is 0 Å². The first-order valence-corrected chi connectivity index (χ1v) is 9.60. The van der Waals surface area contributed by atoms with Crippen molar-refractivity contribution in [1.82, 2.24) is 16.0 Å². The third kappa shape index (κ3) is 5.54. The van der Waals surface area contributed by atoms with Gasteiger partial charge in [-0.15, -0.1) is 0 Å². The van der Waals surface area contributed by atoms with Crippen LogP contribution in [0.3, 0.4) is 0 Å². The lowest BCUT2D eigenvalue weighted by Gasteiger charge is -2.20. The van der Waals surface area contributed by atoms with Crippen molar-refractivity contribution >= 4 is 34.4 Å². The van der Waals surface area contributed by atoms with Crippen molar-refractivity contribution in [2.75, 3.05) is 6.61 Å². The fraction of sp³-hybridized carbons (Fsp3) is 0.333. The molecule has 0 aliphatic carbocycles. The molecule has 3 rings (SSSR count). The van der Waals surface area contributed by atoms with Crippen molar-refractivity contribution in [2.45, 2.75) is 38.1 Å². The molecule has 0 aromatic heterocycles. The maximum absolute atomic E-state index is 12.5. The molecule has 1 fully saturated rings. The molecular weight excluding hydrogens is 388 g/mol. The second-order valence-corrected chi connectivity index (χ2v) is 7.14. The van der Waals surface area contributed by atoms with Crippen molar-refractivity contribution in [3.63, 3.8) is 0 Å². The van der Waals surface area contributed by atoms with Crippen LogP contribution in [0.4, 0.5) is 0 Å². The van der Waals surface area contributed by atoms with Gasteiger partial charge in [-0.1, -0.05) is 42.5 Å². The van der Waals surface area contributed by atoms with Crippen LogP contribution in [0.15, 0.2) is 42.5 Å². The van der Waals surface area contributed by atoms with Crippen LogP contribution < -0.4 is 21.7 Å². The van der Waals surface area contributed by atoms with Gasteiger partial charge in [-0.05, 0) is 23.3 Å². The number of rotatable bonds is 9. The maximum atomic E-state index is 12.5. The Bertz CT molecular complexity index is 968. The minimum atomic E-state index is -1.17. The van der Waals surface area contributed by atoms with Gasteiger partial charge in [-0.25, -0.2) is 0 Å². The van der Waals surface area contributed by atoms with E-state index in [1.807, 2.05) is 42.5 Å². The van der Waals surface area contributed by atoms with E-state index >= 15 is 0 Å². The molecule has 0 saturated carbocycles. The number of hydrogen-bond acceptors (Lipinski definition) is 5. The summed E-state index contributed by atoms with van der Waals surface area (Å²) in [5, 5.41) is 9.82. The topological polar surface area (TPSA) is 143 Å². The highest BCUT2D eigenvalue weighted by Gasteiger charge is 2.35. The van der Waals surface area contributed by atoms with Crippen molar-refractivity contribution in [2.24, 2.45) is 5.73 Å². The van der Waals surface area contributed by atoms with Crippen LogP contribution in [-0.2, 0) is 30.5 Å². The fourth-order valence-corrected chi connectivity index (χ4v) is 3.04. The molecule has 0 bridgehead atoms. The van der Waals surface area contributed by atoms with E-state index < -0.39 is 41.8 Å². The minimum absolute atomic E-state index is 0.268. The summed E-state index contributed by atoms with van der Waals surface area (Å²) < 4.78 is 4.86. The Balaban J connectivity index is 1.56. The quantitative estimate of drug-likeness (QED) is 0.419. The summed E-state index contributed by atoms with van der Waals surface area (Å²) in [4.78, 5) is 48.0. The second-order valence-electron chi connectivity index (χ2n) is 7.14. The average molecular weight is 412 g/mol. The molecule has 4 amide bonds. The van der Waals surface area contributed by atoms with Gasteiger partial charge in [0.1, 0.15) is 12.1 Å². The Hall–Kier alpha value is -3.46. The molecule has 5 N–H and O–H groups in total. The van der Waals surface area contributed by atoms with E-state index in [0.29, 0.717) is 6.54 Å². The molecule has 0 spiro atoms. The van der Waals surface area contributed by atoms with E-state index in [2.05, 4.69) is 16.0 Å². The molecule has 1 saturated heterocycles. The largest absolute Gasteiger partial charge is 0.370 e. The second kappa shape index (κ2) is 9.36. The van der Waals surface area contributed by atoms with Gasteiger partial charge in [-0.3, -0.25) is 19.2 Å². The van der Waals surface area contributed by atoms with Crippen LogP contribution in [0.5, 0.6) is 0 Å². The number of nitrogens with two attached hydrogens (primary N) is 1. The Labute approximate surface area is 173 Å². The lowest BCUT2D eigenvalue weighted by atomic mass is 10.0. The van der Waals surface area contributed by atoms with E-state index in [4.69, 9.17) is 10.5 Å². The van der Waals surface area contributed by atoms with Gasteiger partial charge >= 0.3 is 0 Å². The normalized spacial score (nSPS) is 16.9. The zero-order valence-corrected chi connectivity index (χ0v) is 16.5. The molecule has 0 radical (unpaired) electrons. The summed E-state index contributed by atoms with van der Waals surface area (Å²) in [5.74, 6) is -2.31. The van der Waals surface area contributed by atoms with E-state index in [-0.39, 0.29) is 13.0 Å². The van der Waals surface area contributed by atoms with Gasteiger partial charge in [0, 0.05) is 6.54 Å². The zero-order valence-electron chi connectivity index (χ0n) is 16.5. The van der Waals surface area contributed by atoms with Crippen molar-refractivity contribution < 1.29 is 23.9 Å². The summed E-state index contributed by atoms with van der Waals surface area (Å²) in [5.41, 5.74) is 6.11. The summed E-state index contributed by atoms with van der Waals surface area (Å²) in [7, 11) is 0. The number of primary amides is 1. The van der Waals surface area contributed by atoms with Gasteiger partial charge in [0.2, 0.25) is 17.7 Å². The molecule has 3 unspecified atom stereocenters. The Morgan fingerprint density at radius 2 is 1.77 bits per heavy atom. The van der Waals surface area contributed by atoms with Crippen LogP contribution in [0, 0.1) is 0 Å².